The summed E-state index contributed by atoms with van der Waals surface area (Å²) < 4.78 is 46.2. The van der Waals surface area contributed by atoms with Crippen molar-refractivity contribution in [3.05, 3.63) is 70.7 Å². The average Bonchev–Trinajstić information content (AvgIpc) is 3.59. The normalized spacial score (nSPS) is 25.0. The van der Waals surface area contributed by atoms with Gasteiger partial charge in [0.05, 0.1) is 5.56 Å². The molecule has 0 spiro atoms. The van der Waals surface area contributed by atoms with Gasteiger partial charge in [-0.15, -0.1) is 0 Å². The Morgan fingerprint density at radius 1 is 1.11 bits per heavy atom. The first-order chi connectivity index (χ1) is 18.0. The number of nitrogens with zero attached hydrogens (tertiary/aromatic N) is 3. The van der Waals surface area contributed by atoms with Gasteiger partial charge >= 0.3 is 6.18 Å². The number of benzene rings is 1. The second-order valence-corrected chi connectivity index (χ2v) is 12.6. The quantitative estimate of drug-likeness (QED) is 0.416. The number of hydrogen-bond donors (Lipinski definition) is 0. The lowest BCUT2D eigenvalue weighted by Crippen LogP contribution is -2.40. The third kappa shape index (κ3) is 5.18. The van der Waals surface area contributed by atoms with Gasteiger partial charge < -0.3 is 9.64 Å². The lowest BCUT2D eigenvalue weighted by molar-refractivity contribution is -0.137. The Labute approximate surface area is 223 Å². The van der Waals surface area contributed by atoms with Crippen LogP contribution in [0, 0.1) is 11.3 Å². The van der Waals surface area contributed by atoms with Crippen LogP contribution in [-0.2, 0) is 32.1 Å². The zero-order valence-corrected chi connectivity index (χ0v) is 22.5. The first kappa shape index (κ1) is 25.7. The van der Waals surface area contributed by atoms with Gasteiger partial charge in [0.1, 0.15) is 11.4 Å². The van der Waals surface area contributed by atoms with Gasteiger partial charge in [0.15, 0.2) is 0 Å². The average molecular weight is 526 g/mol. The smallest absolute Gasteiger partial charge is 0.417 e. The van der Waals surface area contributed by atoms with Gasteiger partial charge in [-0.05, 0) is 80.8 Å². The fourth-order valence-electron chi connectivity index (χ4n) is 6.70. The maximum absolute atomic E-state index is 13.3. The second kappa shape index (κ2) is 9.29. The third-order valence-electron chi connectivity index (χ3n) is 9.08. The second-order valence-electron chi connectivity index (χ2n) is 12.6. The standard InChI is InChI=1S/C31H38F3N3O/c1-21(37-12-9-27-25(19-37)15-26(17-35-27)31(32,33)34)30(16-22-4-5-22)11-13-36(20-30)18-23-6-7-28-24(14-23)8-10-29(2,3)38-28/h6-7,14-15,17,22H,1,4-5,8-13,16,18-20H2,2-3H3. The summed E-state index contributed by atoms with van der Waals surface area (Å²) in [6.07, 6.45) is 4.05. The number of rotatable bonds is 6. The lowest BCUT2D eigenvalue weighted by Gasteiger charge is -2.41. The molecular weight excluding hydrogens is 487 g/mol. The molecule has 4 nitrogen and oxygen atoms in total. The van der Waals surface area contributed by atoms with Crippen molar-refractivity contribution in [1.82, 2.24) is 14.8 Å². The van der Waals surface area contributed by atoms with Crippen LogP contribution in [0.5, 0.6) is 5.75 Å². The number of halogens is 3. The first-order valence-electron chi connectivity index (χ1n) is 14.0. The van der Waals surface area contributed by atoms with Gasteiger partial charge in [0, 0.05) is 55.6 Å². The Kier molecular flexibility index (Phi) is 6.29. The number of aryl methyl sites for hydroxylation is 1. The molecule has 6 rings (SSSR count). The van der Waals surface area contributed by atoms with E-state index in [1.807, 2.05) is 0 Å². The van der Waals surface area contributed by atoms with Crippen molar-refractivity contribution in [2.24, 2.45) is 11.3 Å². The van der Waals surface area contributed by atoms with Gasteiger partial charge in [-0.3, -0.25) is 9.88 Å². The zero-order valence-electron chi connectivity index (χ0n) is 22.5. The number of pyridine rings is 1. The molecule has 0 amide bonds. The van der Waals surface area contributed by atoms with Crippen LogP contribution in [0.4, 0.5) is 13.2 Å². The molecule has 7 heteroatoms. The van der Waals surface area contributed by atoms with Crippen LogP contribution in [0.25, 0.3) is 0 Å². The van der Waals surface area contributed by atoms with E-state index in [2.05, 4.69) is 53.4 Å². The first-order valence-corrected chi connectivity index (χ1v) is 14.0. The molecule has 0 radical (unpaired) electrons. The molecule has 1 aliphatic carbocycles. The van der Waals surface area contributed by atoms with Crippen LogP contribution < -0.4 is 4.74 Å². The minimum absolute atomic E-state index is 0.0188. The molecule has 2 aromatic rings. The topological polar surface area (TPSA) is 28.6 Å². The molecule has 38 heavy (non-hydrogen) atoms. The number of fused-ring (bicyclic) bond motifs is 2. The van der Waals surface area contributed by atoms with Crippen LogP contribution >= 0.6 is 0 Å². The van der Waals surface area contributed by atoms with Gasteiger partial charge in [-0.2, -0.15) is 13.2 Å². The number of aromatic nitrogens is 1. The molecule has 0 bridgehead atoms. The molecule has 3 aliphatic heterocycles. The van der Waals surface area contributed by atoms with E-state index in [0.29, 0.717) is 18.5 Å². The summed E-state index contributed by atoms with van der Waals surface area (Å²) in [6, 6.07) is 7.93. The SMILES string of the molecule is C=C(N1CCc2ncc(C(F)(F)F)cc2C1)C1(CC2CC2)CCN(Cc2ccc3c(c2)CCC(C)(C)O3)C1. The van der Waals surface area contributed by atoms with Gasteiger partial charge in [-0.25, -0.2) is 0 Å². The molecule has 4 aliphatic rings. The van der Waals surface area contributed by atoms with Gasteiger partial charge in [0.2, 0.25) is 0 Å². The van der Waals surface area contributed by atoms with E-state index in [4.69, 9.17) is 4.74 Å². The summed E-state index contributed by atoms with van der Waals surface area (Å²) in [7, 11) is 0. The Morgan fingerprint density at radius 3 is 2.68 bits per heavy atom. The number of alkyl halides is 3. The van der Waals surface area contributed by atoms with Crippen molar-refractivity contribution in [3.8, 4) is 5.75 Å². The largest absolute Gasteiger partial charge is 0.488 e. The predicted octanol–water partition coefficient (Wildman–Crippen LogP) is 6.77. The predicted molar refractivity (Wildman–Crippen MR) is 142 cm³/mol. The molecule has 4 heterocycles. The number of hydrogen-bond acceptors (Lipinski definition) is 4. The van der Waals surface area contributed by atoms with E-state index in [0.717, 1.165) is 81.1 Å². The highest BCUT2D eigenvalue weighted by Gasteiger charge is 2.46. The van der Waals surface area contributed by atoms with Gasteiger partial charge in [0.25, 0.3) is 0 Å². The fraction of sp³-hybridized carbons (Fsp3) is 0.581. The third-order valence-corrected chi connectivity index (χ3v) is 9.08. The molecule has 1 aromatic carbocycles. The Balaban J connectivity index is 1.17. The van der Waals surface area contributed by atoms with E-state index in [1.165, 1.54) is 30.0 Å². The number of ether oxygens (including phenoxy) is 1. The molecule has 2 fully saturated rings. The highest BCUT2D eigenvalue weighted by molar-refractivity contribution is 5.39. The highest BCUT2D eigenvalue weighted by Crippen LogP contribution is 2.50. The van der Waals surface area contributed by atoms with Crippen molar-refractivity contribution in [2.45, 2.75) is 83.7 Å². The molecule has 1 saturated heterocycles. The molecule has 1 saturated carbocycles. The summed E-state index contributed by atoms with van der Waals surface area (Å²) in [5.74, 6) is 1.75. The number of likely N-dealkylation sites (tertiary alicyclic amines) is 1. The maximum Gasteiger partial charge on any atom is 0.417 e. The molecule has 1 atom stereocenters. The fourth-order valence-corrected chi connectivity index (χ4v) is 6.70. The molecular formula is C31H38F3N3O. The van der Waals surface area contributed by atoms with E-state index < -0.39 is 11.7 Å². The minimum Gasteiger partial charge on any atom is -0.488 e. The van der Waals surface area contributed by atoms with E-state index in [-0.39, 0.29) is 11.0 Å². The summed E-state index contributed by atoms with van der Waals surface area (Å²) in [5, 5.41) is 0. The summed E-state index contributed by atoms with van der Waals surface area (Å²) in [5.41, 5.74) is 4.40. The van der Waals surface area contributed by atoms with Crippen LogP contribution in [-0.4, -0.2) is 40.0 Å². The zero-order chi connectivity index (χ0) is 26.7. The Morgan fingerprint density at radius 2 is 1.92 bits per heavy atom. The molecule has 204 valence electrons. The van der Waals surface area contributed by atoms with Gasteiger partial charge in [-0.1, -0.05) is 31.6 Å². The Hall–Kier alpha value is -2.54. The van der Waals surface area contributed by atoms with Crippen molar-refractivity contribution in [3.63, 3.8) is 0 Å². The maximum atomic E-state index is 13.3. The Bertz CT molecular complexity index is 1240. The van der Waals surface area contributed by atoms with Crippen LogP contribution in [0.15, 0.2) is 42.7 Å². The van der Waals surface area contributed by atoms with E-state index in [9.17, 15) is 13.2 Å². The minimum atomic E-state index is -4.38. The van der Waals surface area contributed by atoms with Crippen LogP contribution in [0.3, 0.4) is 0 Å². The molecule has 0 N–H and O–H groups in total. The molecule has 1 aromatic heterocycles. The van der Waals surface area contributed by atoms with E-state index in [1.54, 1.807) is 0 Å². The monoisotopic (exact) mass is 525 g/mol. The lowest BCUT2D eigenvalue weighted by atomic mass is 9.77. The van der Waals surface area contributed by atoms with Crippen LogP contribution in [0.1, 0.15) is 73.9 Å². The van der Waals surface area contributed by atoms with Crippen molar-refractivity contribution < 1.29 is 17.9 Å². The molecule has 1 unspecified atom stereocenters. The van der Waals surface area contributed by atoms with Crippen molar-refractivity contribution in [2.75, 3.05) is 19.6 Å². The summed E-state index contributed by atoms with van der Waals surface area (Å²) >= 11 is 0. The van der Waals surface area contributed by atoms with E-state index >= 15 is 0 Å². The summed E-state index contributed by atoms with van der Waals surface area (Å²) in [6.45, 7) is 13.0. The van der Waals surface area contributed by atoms with Crippen molar-refractivity contribution in [1.29, 1.82) is 0 Å². The summed E-state index contributed by atoms with van der Waals surface area (Å²) in [4.78, 5) is 8.95. The van der Waals surface area contributed by atoms with Crippen LogP contribution in [0.2, 0.25) is 0 Å². The highest BCUT2D eigenvalue weighted by atomic mass is 19.4. The van der Waals surface area contributed by atoms with Crippen molar-refractivity contribution >= 4 is 0 Å².